The predicted molar refractivity (Wildman–Crippen MR) is 124 cm³/mol. The van der Waals surface area contributed by atoms with Crippen LogP contribution in [-0.4, -0.2) is 82.4 Å². The van der Waals surface area contributed by atoms with Crippen molar-refractivity contribution in [2.45, 2.75) is 44.9 Å². The number of nitrogens with zero attached hydrogens (tertiary/aromatic N) is 4. The summed E-state index contributed by atoms with van der Waals surface area (Å²) in [7, 11) is 0. The van der Waals surface area contributed by atoms with Gasteiger partial charge in [0.1, 0.15) is 12.0 Å². The highest BCUT2D eigenvalue weighted by atomic mass is 19.1. The first-order valence-electron chi connectivity index (χ1n) is 12.0. The first-order valence-corrected chi connectivity index (χ1v) is 12.0. The lowest BCUT2D eigenvalue weighted by Gasteiger charge is -2.31. The van der Waals surface area contributed by atoms with Gasteiger partial charge in [0.15, 0.2) is 0 Å². The zero-order valence-electron chi connectivity index (χ0n) is 19.5. The maximum Gasteiger partial charge on any atom is 0.254 e. The Kier molecular flexibility index (Phi) is 8.05. The predicted octanol–water partition coefficient (Wildman–Crippen LogP) is 3.33. The van der Waals surface area contributed by atoms with E-state index >= 15 is 0 Å². The van der Waals surface area contributed by atoms with E-state index in [9.17, 15) is 18.7 Å². The molecule has 0 spiro atoms. The van der Waals surface area contributed by atoms with Crippen LogP contribution >= 0.6 is 0 Å². The molecule has 0 saturated carbocycles. The molecule has 2 unspecified atom stereocenters. The molecule has 1 aromatic heterocycles. The monoisotopic (exact) mass is 474 g/mol. The number of likely N-dealkylation sites (tertiary alicyclic amines) is 2. The molecule has 0 radical (unpaired) electrons. The fourth-order valence-electron chi connectivity index (χ4n) is 4.60. The third kappa shape index (κ3) is 6.27. The average Bonchev–Trinajstić information content (AvgIpc) is 2.83. The Morgan fingerprint density at radius 3 is 2.65 bits per heavy atom. The molecular weight excluding hydrogens is 442 g/mol. The summed E-state index contributed by atoms with van der Waals surface area (Å²) in [6, 6.07) is 4.31. The third-order valence-corrected chi connectivity index (χ3v) is 6.49. The van der Waals surface area contributed by atoms with Gasteiger partial charge in [0.05, 0.1) is 30.8 Å². The normalized spacial score (nSPS) is 20.8. The van der Waals surface area contributed by atoms with Gasteiger partial charge >= 0.3 is 0 Å². The number of β-amino-alcohol motifs (C(OH)–C–C–N with tert-alkyl or cyclic N) is 1. The lowest BCUT2D eigenvalue weighted by Crippen LogP contribution is -2.42. The SMILES string of the molecule is CC(F)CN1CCC(COc2cnc(-c3ccc(C(=O)N4CCCC(O)C4)cc3F)cn2)CC1. The molecule has 2 aliphatic rings. The molecule has 7 nitrogen and oxygen atoms in total. The van der Waals surface area contributed by atoms with Crippen LogP contribution in [0, 0.1) is 11.7 Å². The van der Waals surface area contributed by atoms with Crippen molar-refractivity contribution in [2.75, 3.05) is 39.3 Å². The summed E-state index contributed by atoms with van der Waals surface area (Å²) >= 11 is 0. The van der Waals surface area contributed by atoms with Crippen molar-refractivity contribution >= 4 is 5.91 Å². The van der Waals surface area contributed by atoms with Gasteiger partial charge in [0, 0.05) is 30.8 Å². The average molecular weight is 475 g/mol. The topological polar surface area (TPSA) is 78.8 Å². The second-order valence-corrected chi connectivity index (χ2v) is 9.32. The molecule has 2 saturated heterocycles. The van der Waals surface area contributed by atoms with Gasteiger partial charge in [-0.1, -0.05) is 0 Å². The van der Waals surface area contributed by atoms with E-state index in [1.807, 2.05) is 0 Å². The Balaban J connectivity index is 1.31. The van der Waals surface area contributed by atoms with Crippen molar-refractivity contribution in [3.05, 3.63) is 42.0 Å². The molecule has 3 heterocycles. The zero-order chi connectivity index (χ0) is 24.1. The Morgan fingerprint density at radius 1 is 1.21 bits per heavy atom. The highest BCUT2D eigenvalue weighted by Gasteiger charge is 2.24. The number of hydrogen-bond acceptors (Lipinski definition) is 6. The molecular formula is C25H32F2N4O3. The largest absolute Gasteiger partial charge is 0.476 e. The second kappa shape index (κ2) is 11.2. The van der Waals surface area contributed by atoms with Crippen LogP contribution in [0.4, 0.5) is 8.78 Å². The number of hydrogen-bond donors (Lipinski definition) is 1. The Labute approximate surface area is 198 Å². The van der Waals surface area contributed by atoms with Crippen LogP contribution in [0.15, 0.2) is 30.6 Å². The lowest BCUT2D eigenvalue weighted by molar-refractivity contribution is 0.0473. The molecule has 1 N–H and O–H groups in total. The van der Waals surface area contributed by atoms with Gasteiger partial charge in [-0.05, 0) is 69.8 Å². The first kappa shape index (κ1) is 24.5. The number of aromatic nitrogens is 2. The number of aliphatic hydroxyl groups excluding tert-OH is 1. The van der Waals surface area contributed by atoms with Crippen molar-refractivity contribution in [1.82, 2.24) is 19.8 Å². The summed E-state index contributed by atoms with van der Waals surface area (Å²) in [5.74, 6) is -0.0830. The number of rotatable bonds is 7. The fraction of sp³-hybridized carbons (Fsp3) is 0.560. The van der Waals surface area contributed by atoms with Crippen LogP contribution in [0.5, 0.6) is 5.88 Å². The number of aliphatic hydroxyl groups is 1. The van der Waals surface area contributed by atoms with E-state index in [0.717, 1.165) is 32.4 Å². The van der Waals surface area contributed by atoms with Gasteiger partial charge in [-0.15, -0.1) is 0 Å². The third-order valence-electron chi connectivity index (χ3n) is 6.49. The quantitative estimate of drug-likeness (QED) is 0.663. The number of carbonyl (C=O) groups is 1. The standard InChI is InChI=1S/C25H32F2N4O3/c1-17(26)14-30-9-6-18(7-10-30)16-34-24-13-28-23(12-29-24)21-5-4-19(11-22(21)27)25(33)31-8-2-3-20(32)15-31/h4-5,11-13,17-18,20,32H,2-3,6-10,14-16H2,1H3. The molecule has 0 aliphatic carbocycles. The molecule has 2 fully saturated rings. The van der Waals surface area contributed by atoms with Crippen molar-refractivity contribution in [2.24, 2.45) is 5.92 Å². The second-order valence-electron chi connectivity index (χ2n) is 9.32. The van der Waals surface area contributed by atoms with Gasteiger partial charge in [0.2, 0.25) is 5.88 Å². The van der Waals surface area contributed by atoms with Crippen LogP contribution in [0.1, 0.15) is 43.0 Å². The summed E-state index contributed by atoms with van der Waals surface area (Å²) in [5.41, 5.74) is 0.852. The van der Waals surface area contributed by atoms with Crippen molar-refractivity contribution < 1.29 is 23.4 Å². The summed E-state index contributed by atoms with van der Waals surface area (Å²) in [6.07, 6.45) is 4.90. The molecule has 2 aliphatic heterocycles. The minimum absolute atomic E-state index is 0.246. The molecule has 2 atom stereocenters. The Morgan fingerprint density at radius 2 is 2.00 bits per heavy atom. The van der Waals surface area contributed by atoms with E-state index in [2.05, 4.69) is 14.9 Å². The molecule has 1 aromatic carbocycles. The van der Waals surface area contributed by atoms with E-state index in [-0.39, 0.29) is 23.6 Å². The smallest absolute Gasteiger partial charge is 0.254 e. The summed E-state index contributed by atoms with van der Waals surface area (Å²) < 4.78 is 33.7. The molecule has 34 heavy (non-hydrogen) atoms. The van der Waals surface area contributed by atoms with E-state index < -0.39 is 18.1 Å². The fourth-order valence-corrected chi connectivity index (χ4v) is 4.60. The van der Waals surface area contributed by atoms with Crippen LogP contribution in [0.2, 0.25) is 0 Å². The maximum absolute atomic E-state index is 14.8. The zero-order valence-corrected chi connectivity index (χ0v) is 19.5. The van der Waals surface area contributed by atoms with Gasteiger partial charge in [0.25, 0.3) is 5.91 Å². The van der Waals surface area contributed by atoms with Gasteiger partial charge in [-0.2, -0.15) is 0 Å². The molecule has 9 heteroatoms. The molecule has 1 amide bonds. The van der Waals surface area contributed by atoms with E-state index in [0.29, 0.717) is 43.6 Å². The van der Waals surface area contributed by atoms with E-state index in [1.165, 1.54) is 24.5 Å². The molecule has 184 valence electrons. The van der Waals surface area contributed by atoms with Crippen molar-refractivity contribution in [3.8, 4) is 17.1 Å². The molecule has 4 rings (SSSR count). The number of amides is 1. The highest BCUT2D eigenvalue weighted by Crippen LogP contribution is 2.24. The first-order chi connectivity index (χ1) is 16.4. The van der Waals surface area contributed by atoms with E-state index in [1.54, 1.807) is 17.9 Å². The summed E-state index contributed by atoms with van der Waals surface area (Å²) in [4.78, 5) is 24.9. The summed E-state index contributed by atoms with van der Waals surface area (Å²) in [5, 5.41) is 9.79. The number of benzene rings is 1. The van der Waals surface area contributed by atoms with Crippen LogP contribution < -0.4 is 4.74 Å². The minimum Gasteiger partial charge on any atom is -0.476 e. The van der Waals surface area contributed by atoms with Gasteiger partial charge < -0.3 is 19.6 Å². The van der Waals surface area contributed by atoms with Crippen LogP contribution in [-0.2, 0) is 0 Å². The highest BCUT2D eigenvalue weighted by molar-refractivity contribution is 5.94. The Bertz CT molecular complexity index is 965. The van der Waals surface area contributed by atoms with Crippen LogP contribution in [0.3, 0.4) is 0 Å². The lowest BCUT2D eigenvalue weighted by atomic mass is 9.98. The number of carbonyl (C=O) groups excluding carboxylic acids is 1. The minimum atomic E-state index is -0.813. The molecule has 0 bridgehead atoms. The van der Waals surface area contributed by atoms with Gasteiger partial charge in [-0.3, -0.25) is 4.79 Å². The number of alkyl halides is 1. The maximum atomic E-state index is 14.8. The van der Waals surface area contributed by atoms with Gasteiger partial charge in [-0.25, -0.2) is 18.7 Å². The summed E-state index contributed by atoms with van der Waals surface area (Å²) in [6.45, 7) is 5.13. The number of halogens is 2. The van der Waals surface area contributed by atoms with Crippen LogP contribution in [0.25, 0.3) is 11.3 Å². The van der Waals surface area contributed by atoms with Crippen molar-refractivity contribution in [1.29, 1.82) is 0 Å². The number of piperidine rings is 2. The number of ether oxygens (including phenoxy) is 1. The Hall–Kier alpha value is -2.65. The molecule has 2 aromatic rings. The van der Waals surface area contributed by atoms with E-state index in [4.69, 9.17) is 4.74 Å². The van der Waals surface area contributed by atoms with Crippen molar-refractivity contribution in [3.63, 3.8) is 0 Å².